The van der Waals surface area contributed by atoms with Gasteiger partial charge in [0.1, 0.15) is 16.8 Å². The molecule has 76 valence electrons. The zero-order chi connectivity index (χ0) is 10.7. The van der Waals surface area contributed by atoms with E-state index in [-0.39, 0.29) is 0 Å². The van der Waals surface area contributed by atoms with Gasteiger partial charge in [0.05, 0.1) is 5.39 Å². The third-order valence-corrected chi connectivity index (χ3v) is 1.97. The summed E-state index contributed by atoms with van der Waals surface area (Å²) in [6.07, 6.45) is 1.42. The van der Waals surface area contributed by atoms with E-state index in [1.54, 1.807) is 4.68 Å². The maximum Gasteiger partial charge on any atom is 0.162 e. The SMILES string of the molecule is CC.Cn1[nH]c(=S)c2c(N)ncnc21. The van der Waals surface area contributed by atoms with Gasteiger partial charge in [0.15, 0.2) is 5.65 Å². The fourth-order valence-corrected chi connectivity index (χ4v) is 1.46. The Labute approximate surface area is 87.0 Å². The number of fused-ring (bicyclic) bond motifs is 1. The molecule has 0 aliphatic carbocycles. The topological polar surface area (TPSA) is 72.5 Å². The lowest BCUT2D eigenvalue weighted by Gasteiger charge is -1.93. The first-order valence-corrected chi connectivity index (χ1v) is 4.76. The number of hydrogen-bond donors (Lipinski definition) is 2. The lowest BCUT2D eigenvalue weighted by Crippen LogP contribution is -1.95. The van der Waals surface area contributed by atoms with E-state index < -0.39 is 0 Å². The Hall–Kier alpha value is -1.43. The second kappa shape index (κ2) is 4.19. The van der Waals surface area contributed by atoms with Crippen LogP contribution in [0.25, 0.3) is 11.0 Å². The lowest BCUT2D eigenvalue weighted by molar-refractivity contribution is 0.781. The fraction of sp³-hybridized carbons (Fsp3) is 0.375. The van der Waals surface area contributed by atoms with E-state index in [9.17, 15) is 0 Å². The maximum atomic E-state index is 5.62. The molecule has 2 aromatic heterocycles. The standard InChI is InChI=1S/C6H7N5S.C2H6/c1-11-5-3(6(12)10-11)4(7)8-2-9-5;1-2/h2H,1H3,(H,10,12)(H2,7,8,9);1-2H3. The molecule has 0 amide bonds. The quantitative estimate of drug-likeness (QED) is 0.650. The lowest BCUT2D eigenvalue weighted by atomic mass is 10.4. The molecule has 2 heterocycles. The minimum Gasteiger partial charge on any atom is -0.383 e. The van der Waals surface area contributed by atoms with Gasteiger partial charge >= 0.3 is 0 Å². The van der Waals surface area contributed by atoms with Crippen molar-refractivity contribution in [1.29, 1.82) is 0 Å². The Balaban J connectivity index is 0.000000461. The number of aryl methyl sites for hydroxylation is 1. The number of nitrogen functional groups attached to an aromatic ring is 1. The highest BCUT2D eigenvalue weighted by Crippen LogP contribution is 2.16. The van der Waals surface area contributed by atoms with Gasteiger partial charge in [-0.15, -0.1) is 0 Å². The number of aromatic nitrogens is 4. The third kappa shape index (κ3) is 1.60. The van der Waals surface area contributed by atoms with Crippen LogP contribution in [-0.4, -0.2) is 19.7 Å². The smallest absolute Gasteiger partial charge is 0.162 e. The Morgan fingerprint density at radius 3 is 2.64 bits per heavy atom. The molecule has 6 heteroatoms. The number of nitrogens with zero attached hydrogens (tertiary/aromatic N) is 3. The van der Waals surface area contributed by atoms with Crippen LogP contribution in [0.15, 0.2) is 6.33 Å². The van der Waals surface area contributed by atoms with Crippen molar-refractivity contribution in [1.82, 2.24) is 19.7 Å². The Morgan fingerprint density at radius 1 is 1.43 bits per heavy atom. The molecule has 0 saturated heterocycles. The normalized spacial score (nSPS) is 9.64. The molecular formula is C8H13N5S. The summed E-state index contributed by atoms with van der Waals surface area (Å²) < 4.78 is 2.29. The summed E-state index contributed by atoms with van der Waals surface area (Å²) in [5, 5.41) is 3.62. The summed E-state index contributed by atoms with van der Waals surface area (Å²) in [6.45, 7) is 4.00. The average molecular weight is 211 g/mol. The van der Waals surface area contributed by atoms with Crippen molar-refractivity contribution >= 4 is 29.1 Å². The van der Waals surface area contributed by atoms with Gasteiger partial charge in [-0.05, 0) is 0 Å². The second-order valence-corrected chi connectivity index (χ2v) is 2.87. The highest BCUT2D eigenvalue weighted by Gasteiger charge is 2.05. The summed E-state index contributed by atoms with van der Waals surface area (Å²) in [6, 6.07) is 0. The molecule has 0 atom stereocenters. The van der Waals surface area contributed by atoms with Crippen molar-refractivity contribution in [2.75, 3.05) is 5.73 Å². The molecule has 2 aromatic rings. The summed E-state index contributed by atoms with van der Waals surface area (Å²) in [7, 11) is 1.82. The molecule has 3 N–H and O–H groups in total. The molecule has 0 aliphatic heterocycles. The average Bonchev–Trinajstić information content (AvgIpc) is 2.47. The van der Waals surface area contributed by atoms with Gasteiger partial charge in [-0.25, -0.2) is 9.97 Å². The Kier molecular flexibility index (Phi) is 3.19. The summed E-state index contributed by atoms with van der Waals surface area (Å²) in [5.74, 6) is 0.418. The van der Waals surface area contributed by atoms with Gasteiger partial charge in [0.25, 0.3) is 0 Å². The number of anilines is 1. The van der Waals surface area contributed by atoms with Crippen LogP contribution in [0.1, 0.15) is 13.8 Å². The monoisotopic (exact) mass is 211 g/mol. The molecule has 0 bridgehead atoms. The van der Waals surface area contributed by atoms with Crippen LogP contribution >= 0.6 is 12.2 Å². The molecule has 0 aromatic carbocycles. The number of nitrogens with two attached hydrogens (primary N) is 1. The van der Waals surface area contributed by atoms with Gasteiger partial charge in [0, 0.05) is 7.05 Å². The van der Waals surface area contributed by atoms with E-state index in [1.165, 1.54) is 6.33 Å². The van der Waals surface area contributed by atoms with E-state index in [0.29, 0.717) is 10.5 Å². The highest BCUT2D eigenvalue weighted by molar-refractivity contribution is 7.71. The molecule has 5 nitrogen and oxygen atoms in total. The molecule has 2 rings (SSSR count). The van der Waals surface area contributed by atoms with Crippen LogP contribution in [0.2, 0.25) is 0 Å². The first kappa shape index (κ1) is 10.6. The van der Waals surface area contributed by atoms with Crippen LogP contribution in [-0.2, 0) is 7.05 Å². The predicted molar refractivity (Wildman–Crippen MR) is 59.5 cm³/mol. The van der Waals surface area contributed by atoms with Gasteiger partial charge < -0.3 is 5.73 Å². The fourth-order valence-electron chi connectivity index (χ4n) is 1.12. The largest absolute Gasteiger partial charge is 0.383 e. The van der Waals surface area contributed by atoms with Gasteiger partial charge in [-0.1, -0.05) is 26.1 Å². The summed E-state index contributed by atoms with van der Waals surface area (Å²) >= 11 is 5.03. The van der Waals surface area contributed by atoms with Crippen molar-refractivity contribution in [3.05, 3.63) is 11.0 Å². The molecule has 0 spiro atoms. The minimum absolute atomic E-state index is 0.418. The van der Waals surface area contributed by atoms with Crippen LogP contribution in [0.5, 0.6) is 0 Å². The van der Waals surface area contributed by atoms with Gasteiger partial charge in [0.2, 0.25) is 0 Å². The second-order valence-electron chi connectivity index (χ2n) is 2.46. The summed E-state index contributed by atoms with van der Waals surface area (Å²) in [4.78, 5) is 7.88. The van der Waals surface area contributed by atoms with E-state index in [0.717, 1.165) is 11.0 Å². The van der Waals surface area contributed by atoms with Gasteiger partial charge in [-0.2, -0.15) is 0 Å². The van der Waals surface area contributed by atoms with Crippen molar-refractivity contribution < 1.29 is 0 Å². The first-order chi connectivity index (χ1) is 6.70. The maximum absolute atomic E-state index is 5.62. The Bertz CT molecular complexity index is 484. The van der Waals surface area contributed by atoms with E-state index >= 15 is 0 Å². The number of rotatable bonds is 0. The van der Waals surface area contributed by atoms with Crippen LogP contribution in [0, 0.1) is 4.64 Å². The van der Waals surface area contributed by atoms with Crippen molar-refractivity contribution in [2.45, 2.75) is 13.8 Å². The van der Waals surface area contributed by atoms with E-state index in [1.807, 2.05) is 20.9 Å². The zero-order valence-electron chi connectivity index (χ0n) is 8.40. The van der Waals surface area contributed by atoms with Crippen molar-refractivity contribution in [3.63, 3.8) is 0 Å². The molecule has 0 aliphatic rings. The van der Waals surface area contributed by atoms with Crippen molar-refractivity contribution in [2.24, 2.45) is 7.05 Å². The Morgan fingerprint density at radius 2 is 2.07 bits per heavy atom. The molecular weight excluding hydrogens is 198 g/mol. The van der Waals surface area contributed by atoms with E-state index in [2.05, 4.69) is 15.1 Å². The number of nitrogens with one attached hydrogen (secondary N) is 1. The molecule has 0 unspecified atom stereocenters. The molecule has 0 fully saturated rings. The molecule has 0 radical (unpaired) electrons. The number of aromatic amines is 1. The number of hydrogen-bond acceptors (Lipinski definition) is 4. The predicted octanol–water partition coefficient (Wildman–Crippen LogP) is 1.63. The highest BCUT2D eigenvalue weighted by atomic mass is 32.1. The van der Waals surface area contributed by atoms with Gasteiger partial charge in [-0.3, -0.25) is 9.78 Å². The first-order valence-electron chi connectivity index (χ1n) is 4.35. The zero-order valence-corrected chi connectivity index (χ0v) is 9.22. The van der Waals surface area contributed by atoms with E-state index in [4.69, 9.17) is 18.0 Å². The molecule has 0 saturated carbocycles. The van der Waals surface area contributed by atoms with Crippen molar-refractivity contribution in [3.8, 4) is 0 Å². The number of H-pyrrole nitrogens is 1. The third-order valence-electron chi connectivity index (χ3n) is 1.67. The van der Waals surface area contributed by atoms with Crippen LogP contribution in [0.4, 0.5) is 5.82 Å². The molecule has 14 heavy (non-hydrogen) atoms. The van der Waals surface area contributed by atoms with Crippen LogP contribution < -0.4 is 5.73 Å². The summed E-state index contributed by atoms with van der Waals surface area (Å²) in [5.41, 5.74) is 6.35. The minimum atomic E-state index is 0.418. The van der Waals surface area contributed by atoms with Crippen LogP contribution in [0.3, 0.4) is 0 Å².